The Bertz CT molecular complexity index is 407. The molecule has 1 aliphatic rings. The lowest BCUT2D eigenvalue weighted by Crippen LogP contribution is -2.38. The molecule has 0 aliphatic carbocycles. The molecule has 2 rings (SSSR count). The number of nitrogens with two attached hydrogens (primary N) is 1. The molecule has 0 bridgehead atoms. The van der Waals surface area contributed by atoms with Crippen LogP contribution in [0.2, 0.25) is 0 Å². The van der Waals surface area contributed by atoms with E-state index in [0.29, 0.717) is 11.9 Å². The third-order valence-electron chi connectivity index (χ3n) is 3.02. The lowest BCUT2D eigenvalue weighted by molar-refractivity contribution is 0.309. The standard InChI is InChI=1S/C12H21N5/c1-4-16-8-10(5-15-16)11-6-14-12(13)17(11)7-9(2)3/h5,8-9,11H,4,6-7H2,1-3H3,(H2,13,14). The van der Waals surface area contributed by atoms with E-state index in [-0.39, 0.29) is 6.04 Å². The highest BCUT2D eigenvalue weighted by Crippen LogP contribution is 2.25. The second-order valence-electron chi connectivity index (χ2n) is 4.89. The van der Waals surface area contributed by atoms with Crippen LogP contribution in [0.5, 0.6) is 0 Å². The van der Waals surface area contributed by atoms with E-state index in [2.05, 4.69) is 42.0 Å². The molecule has 0 fully saturated rings. The number of rotatable bonds is 4. The van der Waals surface area contributed by atoms with E-state index in [1.165, 1.54) is 5.56 Å². The Morgan fingerprint density at radius 2 is 2.29 bits per heavy atom. The predicted octanol–water partition coefficient (Wildman–Crippen LogP) is 1.23. The van der Waals surface area contributed by atoms with Crippen molar-refractivity contribution >= 4 is 5.96 Å². The van der Waals surface area contributed by atoms with Gasteiger partial charge in [-0.1, -0.05) is 13.8 Å². The average Bonchev–Trinajstić information content (AvgIpc) is 2.86. The Kier molecular flexibility index (Phi) is 3.36. The van der Waals surface area contributed by atoms with Gasteiger partial charge in [-0.15, -0.1) is 0 Å². The largest absolute Gasteiger partial charge is 0.370 e. The van der Waals surface area contributed by atoms with Crippen molar-refractivity contribution in [2.24, 2.45) is 16.6 Å². The van der Waals surface area contributed by atoms with Crippen molar-refractivity contribution in [3.05, 3.63) is 18.0 Å². The molecule has 0 aromatic carbocycles. The van der Waals surface area contributed by atoms with Gasteiger partial charge in [-0.25, -0.2) is 0 Å². The highest BCUT2D eigenvalue weighted by Gasteiger charge is 2.28. The molecule has 1 aromatic heterocycles. The summed E-state index contributed by atoms with van der Waals surface area (Å²) in [4.78, 5) is 6.53. The van der Waals surface area contributed by atoms with Gasteiger partial charge in [0.25, 0.3) is 0 Å². The second-order valence-corrected chi connectivity index (χ2v) is 4.89. The lowest BCUT2D eigenvalue weighted by Gasteiger charge is -2.27. The Balaban J connectivity index is 2.15. The van der Waals surface area contributed by atoms with Crippen LogP contribution < -0.4 is 5.73 Å². The van der Waals surface area contributed by atoms with Gasteiger partial charge in [0.05, 0.1) is 18.8 Å². The molecule has 5 heteroatoms. The van der Waals surface area contributed by atoms with Crippen molar-refractivity contribution in [1.29, 1.82) is 0 Å². The zero-order chi connectivity index (χ0) is 12.4. The van der Waals surface area contributed by atoms with Crippen LogP contribution in [-0.2, 0) is 6.54 Å². The quantitative estimate of drug-likeness (QED) is 0.854. The third kappa shape index (κ3) is 2.43. The Morgan fingerprint density at radius 3 is 2.88 bits per heavy atom. The summed E-state index contributed by atoms with van der Waals surface area (Å²) in [6.45, 7) is 9.05. The van der Waals surface area contributed by atoms with Gasteiger partial charge in [0.2, 0.25) is 0 Å². The van der Waals surface area contributed by atoms with Gasteiger partial charge >= 0.3 is 0 Å². The van der Waals surface area contributed by atoms with E-state index in [4.69, 9.17) is 5.73 Å². The second kappa shape index (κ2) is 4.77. The minimum atomic E-state index is 0.262. The van der Waals surface area contributed by atoms with Gasteiger partial charge in [0.15, 0.2) is 5.96 Å². The normalized spacial score (nSPS) is 20.1. The smallest absolute Gasteiger partial charge is 0.191 e. The third-order valence-corrected chi connectivity index (χ3v) is 3.02. The van der Waals surface area contributed by atoms with Gasteiger partial charge in [0.1, 0.15) is 0 Å². The number of hydrogen-bond donors (Lipinski definition) is 1. The highest BCUT2D eigenvalue weighted by molar-refractivity contribution is 5.80. The molecule has 1 aromatic rings. The fourth-order valence-corrected chi connectivity index (χ4v) is 2.15. The van der Waals surface area contributed by atoms with Gasteiger partial charge < -0.3 is 10.6 Å². The van der Waals surface area contributed by atoms with Crippen LogP contribution in [-0.4, -0.2) is 33.7 Å². The number of aromatic nitrogens is 2. The number of aryl methyl sites for hydroxylation is 1. The molecular formula is C12H21N5. The molecule has 5 nitrogen and oxygen atoms in total. The van der Waals surface area contributed by atoms with E-state index in [9.17, 15) is 0 Å². The van der Waals surface area contributed by atoms with E-state index in [1.54, 1.807) is 0 Å². The van der Waals surface area contributed by atoms with E-state index >= 15 is 0 Å². The van der Waals surface area contributed by atoms with Crippen molar-refractivity contribution < 1.29 is 0 Å². The number of guanidine groups is 1. The summed E-state index contributed by atoms with van der Waals surface area (Å²) in [6, 6.07) is 0.262. The van der Waals surface area contributed by atoms with Crippen LogP contribution in [0, 0.1) is 5.92 Å². The SMILES string of the molecule is CCn1cc(C2CN=C(N)N2CC(C)C)cn1. The summed E-state index contributed by atoms with van der Waals surface area (Å²) in [5.41, 5.74) is 7.15. The molecule has 1 aliphatic heterocycles. The first kappa shape index (κ1) is 12.0. The zero-order valence-corrected chi connectivity index (χ0v) is 10.8. The van der Waals surface area contributed by atoms with Gasteiger partial charge in [-0.05, 0) is 12.8 Å². The summed E-state index contributed by atoms with van der Waals surface area (Å²) in [5.74, 6) is 1.23. The first-order valence-electron chi connectivity index (χ1n) is 6.20. The Hall–Kier alpha value is -1.52. The summed E-state index contributed by atoms with van der Waals surface area (Å²) in [6.07, 6.45) is 4.02. The van der Waals surface area contributed by atoms with E-state index in [1.807, 2.05) is 10.9 Å². The maximum Gasteiger partial charge on any atom is 0.191 e. The zero-order valence-electron chi connectivity index (χ0n) is 10.8. The monoisotopic (exact) mass is 235 g/mol. The number of nitrogens with zero attached hydrogens (tertiary/aromatic N) is 4. The molecule has 0 spiro atoms. The summed E-state index contributed by atoms with van der Waals surface area (Å²) in [5, 5.41) is 4.32. The summed E-state index contributed by atoms with van der Waals surface area (Å²) in [7, 11) is 0. The predicted molar refractivity (Wildman–Crippen MR) is 68.7 cm³/mol. The average molecular weight is 235 g/mol. The van der Waals surface area contributed by atoms with Crippen molar-refractivity contribution in [2.45, 2.75) is 33.4 Å². The minimum Gasteiger partial charge on any atom is -0.370 e. The molecule has 1 atom stereocenters. The first-order chi connectivity index (χ1) is 8.11. The van der Waals surface area contributed by atoms with Gasteiger partial charge in [-0.3, -0.25) is 9.67 Å². The molecule has 0 amide bonds. The fraction of sp³-hybridized carbons (Fsp3) is 0.667. The van der Waals surface area contributed by atoms with Crippen LogP contribution in [0.4, 0.5) is 0 Å². The highest BCUT2D eigenvalue weighted by atomic mass is 15.3. The topological polar surface area (TPSA) is 59.4 Å². The van der Waals surface area contributed by atoms with Gasteiger partial charge in [-0.2, -0.15) is 5.10 Å². The summed E-state index contributed by atoms with van der Waals surface area (Å²) >= 11 is 0. The van der Waals surface area contributed by atoms with Gasteiger partial charge in [0, 0.05) is 24.8 Å². The number of hydrogen-bond acceptors (Lipinski definition) is 4. The van der Waals surface area contributed by atoms with E-state index in [0.717, 1.165) is 19.6 Å². The van der Waals surface area contributed by atoms with Crippen LogP contribution in [0.15, 0.2) is 17.4 Å². The van der Waals surface area contributed by atoms with Crippen molar-refractivity contribution in [3.8, 4) is 0 Å². The first-order valence-corrected chi connectivity index (χ1v) is 6.20. The number of aliphatic imine (C=N–C) groups is 1. The van der Waals surface area contributed by atoms with Crippen LogP contribution in [0.1, 0.15) is 32.4 Å². The molecule has 0 radical (unpaired) electrons. The molecule has 0 saturated carbocycles. The maximum absolute atomic E-state index is 5.94. The minimum absolute atomic E-state index is 0.262. The lowest BCUT2D eigenvalue weighted by atomic mass is 10.1. The molecule has 2 N–H and O–H groups in total. The molecule has 1 unspecified atom stereocenters. The van der Waals surface area contributed by atoms with Crippen LogP contribution in [0.25, 0.3) is 0 Å². The molecular weight excluding hydrogens is 214 g/mol. The van der Waals surface area contributed by atoms with Crippen LogP contribution >= 0.6 is 0 Å². The molecule has 2 heterocycles. The summed E-state index contributed by atoms with van der Waals surface area (Å²) < 4.78 is 1.94. The van der Waals surface area contributed by atoms with Crippen LogP contribution in [0.3, 0.4) is 0 Å². The molecule has 94 valence electrons. The maximum atomic E-state index is 5.94. The molecule has 0 saturated heterocycles. The van der Waals surface area contributed by atoms with E-state index < -0.39 is 0 Å². The van der Waals surface area contributed by atoms with Crippen molar-refractivity contribution in [2.75, 3.05) is 13.1 Å². The fourth-order valence-electron chi connectivity index (χ4n) is 2.15. The Morgan fingerprint density at radius 1 is 1.53 bits per heavy atom. The molecule has 17 heavy (non-hydrogen) atoms. The Labute approximate surface area is 102 Å². The van der Waals surface area contributed by atoms with Crippen molar-refractivity contribution in [3.63, 3.8) is 0 Å². The van der Waals surface area contributed by atoms with Crippen molar-refractivity contribution in [1.82, 2.24) is 14.7 Å².